The molecule has 2 aliphatic rings. The molecule has 0 bridgehead atoms. The van der Waals surface area contributed by atoms with Crippen molar-refractivity contribution >= 4 is 0 Å². The Morgan fingerprint density at radius 2 is 2.45 bits per heavy atom. The zero-order valence-electron chi connectivity index (χ0n) is 6.76. The van der Waals surface area contributed by atoms with E-state index in [2.05, 4.69) is 4.90 Å². The smallest absolute Gasteiger partial charge is 0.117 e. The third-order valence-electron chi connectivity index (χ3n) is 3.31. The maximum Gasteiger partial charge on any atom is 0.117 e. The fourth-order valence-electron chi connectivity index (χ4n) is 2.38. The molecule has 0 aliphatic carbocycles. The van der Waals surface area contributed by atoms with E-state index in [1.807, 2.05) is 6.92 Å². The second-order valence-corrected chi connectivity index (χ2v) is 3.79. The third kappa shape index (κ3) is 0.783. The van der Waals surface area contributed by atoms with Crippen molar-refractivity contribution in [1.29, 1.82) is 0 Å². The van der Waals surface area contributed by atoms with Gasteiger partial charge in [-0.3, -0.25) is 4.90 Å². The maximum atomic E-state index is 13.1. The highest BCUT2D eigenvalue weighted by Gasteiger charge is 2.55. The molecule has 0 unspecified atom stereocenters. The molecule has 2 fully saturated rings. The molecule has 0 aromatic rings. The van der Waals surface area contributed by atoms with Gasteiger partial charge in [0.05, 0.1) is 6.61 Å². The molecule has 3 heteroatoms. The summed E-state index contributed by atoms with van der Waals surface area (Å²) in [6.07, 6.45) is 0.767. The third-order valence-corrected chi connectivity index (χ3v) is 3.31. The van der Waals surface area contributed by atoms with Crippen LogP contribution in [0, 0.1) is 0 Å². The fourth-order valence-corrected chi connectivity index (χ4v) is 2.38. The Morgan fingerprint density at radius 3 is 2.73 bits per heavy atom. The van der Waals surface area contributed by atoms with Crippen molar-refractivity contribution in [2.24, 2.45) is 0 Å². The minimum atomic E-state index is -0.732. The fraction of sp³-hybridized carbons (Fsp3) is 1.00. The van der Waals surface area contributed by atoms with E-state index in [1.54, 1.807) is 0 Å². The highest BCUT2D eigenvalue weighted by Crippen LogP contribution is 2.44. The van der Waals surface area contributed by atoms with E-state index in [0.29, 0.717) is 6.42 Å². The quantitative estimate of drug-likeness (QED) is 0.604. The molecular formula is C8H14FNO. The van der Waals surface area contributed by atoms with Crippen LogP contribution in [0.15, 0.2) is 0 Å². The maximum absolute atomic E-state index is 13.1. The number of nitrogens with zero attached hydrogens (tertiary/aromatic N) is 1. The Balaban J connectivity index is 2.16. The van der Waals surface area contributed by atoms with E-state index >= 15 is 0 Å². The van der Waals surface area contributed by atoms with E-state index < -0.39 is 6.17 Å². The van der Waals surface area contributed by atoms with Crippen molar-refractivity contribution in [2.45, 2.75) is 37.5 Å². The van der Waals surface area contributed by atoms with Crippen molar-refractivity contribution in [2.75, 3.05) is 13.2 Å². The normalized spacial score (nSPS) is 50.5. The summed E-state index contributed by atoms with van der Waals surface area (Å²) in [5.74, 6) is 0. The first-order valence-electron chi connectivity index (χ1n) is 4.21. The van der Waals surface area contributed by atoms with Crippen molar-refractivity contribution in [3.05, 3.63) is 0 Å². The average molecular weight is 159 g/mol. The summed E-state index contributed by atoms with van der Waals surface area (Å²) in [4.78, 5) is 2.09. The van der Waals surface area contributed by atoms with Crippen LogP contribution in [0.4, 0.5) is 4.39 Å². The van der Waals surface area contributed by atoms with E-state index in [9.17, 15) is 4.39 Å². The molecule has 0 saturated carbocycles. The van der Waals surface area contributed by atoms with Crippen molar-refractivity contribution < 1.29 is 9.50 Å². The largest absolute Gasteiger partial charge is 0.394 e. The molecular weight excluding hydrogens is 145 g/mol. The molecule has 0 amide bonds. The molecule has 0 spiro atoms. The van der Waals surface area contributed by atoms with Gasteiger partial charge in [-0.2, -0.15) is 0 Å². The van der Waals surface area contributed by atoms with Gasteiger partial charge in [-0.05, 0) is 13.3 Å². The first-order chi connectivity index (χ1) is 5.19. The van der Waals surface area contributed by atoms with Crippen LogP contribution < -0.4 is 0 Å². The van der Waals surface area contributed by atoms with Crippen molar-refractivity contribution in [3.63, 3.8) is 0 Å². The topological polar surface area (TPSA) is 23.5 Å². The summed E-state index contributed by atoms with van der Waals surface area (Å²) >= 11 is 0. The second-order valence-electron chi connectivity index (χ2n) is 3.79. The molecule has 3 atom stereocenters. The monoisotopic (exact) mass is 159 g/mol. The van der Waals surface area contributed by atoms with Crippen LogP contribution >= 0.6 is 0 Å². The van der Waals surface area contributed by atoms with Crippen LogP contribution in [-0.4, -0.2) is 40.9 Å². The molecule has 0 aromatic heterocycles. The minimum Gasteiger partial charge on any atom is -0.394 e. The van der Waals surface area contributed by atoms with E-state index in [0.717, 1.165) is 13.0 Å². The standard InChI is InChI=1S/C8H14FNO/c1-6-7(9)4-8(5-11)2-3-10(6)8/h6-7,11H,2-5H2,1H3/t6-,7+,8-/m0/s1. The molecule has 0 aromatic carbocycles. The lowest BCUT2D eigenvalue weighted by atomic mass is 9.86. The van der Waals surface area contributed by atoms with Gasteiger partial charge in [0.2, 0.25) is 0 Å². The summed E-state index contributed by atoms with van der Waals surface area (Å²) in [6.45, 7) is 2.99. The summed E-state index contributed by atoms with van der Waals surface area (Å²) in [5.41, 5.74) is -0.168. The first kappa shape index (κ1) is 7.50. The molecule has 2 saturated heterocycles. The predicted molar refractivity (Wildman–Crippen MR) is 40.1 cm³/mol. The SMILES string of the molecule is C[C@H]1[C@H](F)C[C@]2(CO)CCN12. The highest BCUT2D eigenvalue weighted by atomic mass is 19.1. The first-order valence-corrected chi connectivity index (χ1v) is 4.21. The molecule has 2 aliphatic heterocycles. The molecule has 1 N–H and O–H groups in total. The highest BCUT2D eigenvalue weighted by molar-refractivity contribution is 5.10. The number of alkyl halides is 1. The molecule has 64 valence electrons. The second kappa shape index (κ2) is 2.17. The molecule has 0 radical (unpaired) electrons. The Kier molecular flexibility index (Phi) is 1.48. The van der Waals surface area contributed by atoms with Gasteiger partial charge in [0, 0.05) is 24.5 Å². The Labute approximate surface area is 66.0 Å². The van der Waals surface area contributed by atoms with Gasteiger partial charge in [-0.15, -0.1) is 0 Å². The number of aliphatic hydroxyl groups excluding tert-OH is 1. The van der Waals surface area contributed by atoms with Gasteiger partial charge < -0.3 is 5.11 Å². The Bertz CT molecular complexity index is 171. The number of fused-ring (bicyclic) bond motifs is 1. The number of aliphatic hydroxyl groups is 1. The average Bonchev–Trinajstić information content (AvgIpc) is 2.10. The minimum absolute atomic E-state index is 0.0240. The predicted octanol–water partition coefficient (Wildman–Crippen LogP) is 0.554. The van der Waals surface area contributed by atoms with Gasteiger partial charge in [-0.25, -0.2) is 4.39 Å². The van der Waals surface area contributed by atoms with Crippen LogP contribution in [0.25, 0.3) is 0 Å². The van der Waals surface area contributed by atoms with Gasteiger partial charge >= 0.3 is 0 Å². The molecule has 2 rings (SSSR count). The van der Waals surface area contributed by atoms with Gasteiger partial charge in [0.15, 0.2) is 0 Å². The van der Waals surface area contributed by atoms with E-state index in [1.165, 1.54) is 0 Å². The summed E-state index contributed by atoms with van der Waals surface area (Å²) < 4.78 is 13.1. The van der Waals surface area contributed by atoms with Crippen LogP contribution in [0.3, 0.4) is 0 Å². The number of halogens is 1. The number of rotatable bonds is 1. The molecule has 2 heterocycles. The lowest BCUT2D eigenvalue weighted by Gasteiger charge is -2.48. The van der Waals surface area contributed by atoms with Crippen LogP contribution in [0.5, 0.6) is 0 Å². The van der Waals surface area contributed by atoms with Crippen LogP contribution in [0.1, 0.15) is 19.8 Å². The van der Waals surface area contributed by atoms with Gasteiger partial charge in [-0.1, -0.05) is 0 Å². The zero-order chi connectivity index (χ0) is 8.06. The van der Waals surface area contributed by atoms with Crippen LogP contribution in [-0.2, 0) is 0 Å². The summed E-state index contributed by atoms with van der Waals surface area (Å²) in [6, 6.07) is 0.0240. The van der Waals surface area contributed by atoms with Crippen LogP contribution in [0.2, 0.25) is 0 Å². The number of hydrogen-bond acceptors (Lipinski definition) is 2. The number of hydrogen-bond donors (Lipinski definition) is 1. The zero-order valence-corrected chi connectivity index (χ0v) is 6.76. The summed E-state index contributed by atoms with van der Waals surface area (Å²) in [7, 11) is 0. The lowest BCUT2D eigenvalue weighted by Crippen LogP contribution is -2.60. The van der Waals surface area contributed by atoms with Crippen molar-refractivity contribution in [1.82, 2.24) is 4.90 Å². The van der Waals surface area contributed by atoms with E-state index in [-0.39, 0.29) is 18.2 Å². The molecule has 11 heavy (non-hydrogen) atoms. The summed E-state index contributed by atoms with van der Waals surface area (Å²) in [5, 5.41) is 9.07. The Hall–Kier alpha value is -0.150. The lowest BCUT2D eigenvalue weighted by molar-refractivity contribution is -0.0383. The van der Waals surface area contributed by atoms with Gasteiger partial charge in [0.25, 0.3) is 0 Å². The van der Waals surface area contributed by atoms with Crippen molar-refractivity contribution in [3.8, 4) is 0 Å². The van der Waals surface area contributed by atoms with Gasteiger partial charge in [0.1, 0.15) is 6.17 Å². The molecule has 2 nitrogen and oxygen atoms in total. The van der Waals surface area contributed by atoms with E-state index in [4.69, 9.17) is 5.11 Å². The Morgan fingerprint density at radius 1 is 1.73 bits per heavy atom.